The van der Waals surface area contributed by atoms with Crippen LogP contribution >= 0.6 is 0 Å². The summed E-state index contributed by atoms with van der Waals surface area (Å²) >= 11 is 0. The molecule has 0 aliphatic heterocycles. The minimum absolute atomic E-state index is 0.335. The van der Waals surface area contributed by atoms with Crippen LogP contribution in [0.25, 0.3) is 0 Å². The van der Waals surface area contributed by atoms with Crippen LogP contribution in [0.15, 0.2) is 48.5 Å². The molecule has 0 radical (unpaired) electrons. The molecular weight excluding hydrogens is 236 g/mol. The van der Waals surface area contributed by atoms with E-state index in [0.29, 0.717) is 12.2 Å². The van der Waals surface area contributed by atoms with Gasteiger partial charge in [-0.05, 0) is 30.2 Å². The Morgan fingerprint density at radius 2 is 1.79 bits per heavy atom. The Morgan fingerprint density at radius 1 is 1.05 bits per heavy atom. The normalized spacial score (nSPS) is 9.53. The van der Waals surface area contributed by atoms with Crippen molar-refractivity contribution < 1.29 is 9.84 Å². The number of aryl methyl sites for hydroxylation is 1. The Hall–Kier alpha value is -2.40. The number of ether oxygens (including phenoxy) is 1. The van der Waals surface area contributed by atoms with Crippen molar-refractivity contribution in [2.75, 3.05) is 7.11 Å². The highest BCUT2D eigenvalue weighted by atomic mass is 16.5. The van der Waals surface area contributed by atoms with Crippen LogP contribution in [-0.4, -0.2) is 12.2 Å². The molecule has 19 heavy (non-hydrogen) atoms. The maximum Gasteiger partial charge on any atom is 0.134 e. The Bertz CT molecular complexity index is 606. The van der Waals surface area contributed by atoms with E-state index >= 15 is 0 Å². The lowest BCUT2D eigenvalue weighted by Gasteiger charge is -2.01. The second kappa shape index (κ2) is 6.51. The molecule has 2 nitrogen and oxygen atoms in total. The second-order valence-corrected chi connectivity index (χ2v) is 4.13. The molecule has 0 saturated carbocycles. The van der Waals surface area contributed by atoms with Crippen molar-refractivity contribution in [3.8, 4) is 23.3 Å². The topological polar surface area (TPSA) is 29.5 Å². The fourth-order valence-corrected chi connectivity index (χ4v) is 1.83. The smallest absolute Gasteiger partial charge is 0.134 e. The number of hydrogen-bond acceptors (Lipinski definition) is 2. The molecule has 0 spiro atoms. The highest BCUT2D eigenvalue weighted by Gasteiger charge is 1.98. The molecular formula is C17H16O2. The molecule has 0 aliphatic carbocycles. The van der Waals surface area contributed by atoms with Crippen molar-refractivity contribution in [1.82, 2.24) is 0 Å². The van der Waals surface area contributed by atoms with E-state index in [-0.39, 0.29) is 0 Å². The van der Waals surface area contributed by atoms with Crippen molar-refractivity contribution in [2.24, 2.45) is 0 Å². The van der Waals surface area contributed by atoms with E-state index in [2.05, 4.69) is 11.8 Å². The molecule has 2 aromatic rings. The van der Waals surface area contributed by atoms with Gasteiger partial charge < -0.3 is 9.84 Å². The van der Waals surface area contributed by atoms with Crippen LogP contribution in [0.3, 0.4) is 0 Å². The number of methoxy groups -OCH3 is 1. The van der Waals surface area contributed by atoms with Crippen LogP contribution in [-0.2, 0) is 6.42 Å². The van der Waals surface area contributed by atoms with Crippen molar-refractivity contribution in [3.05, 3.63) is 59.7 Å². The number of phenolic OH excluding ortho intramolecular Hbond substituents is 1. The maximum atomic E-state index is 9.64. The first-order valence-electron chi connectivity index (χ1n) is 6.20. The summed E-state index contributed by atoms with van der Waals surface area (Å²) in [5.41, 5.74) is 1.82. The molecule has 1 N–H and O–H groups in total. The number of benzene rings is 2. The molecule has 0 unspecified atom stereocenters. The van der Waals surface area contributed by atoms with Gasteiger partial charge >= 0.3 is 0 Å². The summed E-state index contributed by atoms with van der Waals surface area (Å²) in [6, 6.07) is 15.0. The van der Waals surface area contributed by atoms with Crippen molar-refractivity contribution in [3.63, 3.8) is 0 Å². The van der Waals surface area contributed by atoms with E-state index in [9.17, 15) is 5.11 Å². The minimum atomic E-state index is 0.335. The molecule has 0 aliphatic rings. The maximum absolute atomic E-state index is 9.64. The lowest BCUT2D eigenvalue weighted by Crippen LogP contribution is -1.87. The van der Waals surface area contributed by atoms with E-state index < -0.39 is 0 Å². The first-order chi connectivity index (χ1) is 9.31. The van der Waals surface area contributed by atoms with Gasteiger partial charge in [-0.3, -0.25) is 0 Å². The zero-order valence-electron chi connectivity index (χ0n) is 10.9. The summed E-state index contributed by atoms with van der Waals surface area (Å²) in [7, 11) is 1.64. The van der Waals surface area contributed by atoms with Crippen LogP contribution < -0.4 is 4.74 Å². The molecule has 0 atom stereocenters. The molecule has 96 valence electrons. The van der Waals surface area contributed by atoms with E-state index in [0.717, 1.165) is 23.3 Å². The van der Waals surface area contributed by atoms with Gasteiger partial charge in [0.1, 0.15) is 11.5 Å². The van der Waals surface area contributed by atoms with Crippen LogP contribution in [0, 0.1) is 11.8 Å². The summed E-state index contributed by atoms with van der Waals surface area (Å²) in [5.74, 6) is 7.33. The van der Waals surface area contributed by atoms with Gasteiger partial charge in [-0.25, -0.2) is 0 Å². The Balaban J connectivity index is 2.00. The molecule has 2 rings (SSSR count). The Labute approximate surface area is 113 Å². The molecule has 2 heteroatoms. The molecule has 0 heterocycles. The van der Waals surface area contributed by atoms with Crippen LogP contribution in [0.4, 0.5) is 0 Å². The van der Waals surface area contributed by atoms with Gasteiger partial charge in [0.2, 0.25) is 0 Å². The molecule has 0 amide bonds. The third-order valence-electron chi connectivity index (χ3n) is 2.84. The number of phenols is 1. The molecule has 2 aromatic carbocycles. The summed E-state index contributed by atoms with van der Waals surface area (Å²) < 4.78 is 5.24. The third-order valence-corrected chi connectivity index (χ3v) is 2.84. The SMILES string of the molecule is COc1ccccc1C#CCCc1ccccc1O. The fraction of sp³-hybridized carbons (Fsp3) is 0.176. The van der Waals surface area contributed by atoms with Gasteiger partial charge in [-0.2, -0.15) is 0 Å². The van der Waals surface area contributed by atoms with Gasteiger partial charge in [0, 0.05) is 6.42 Å². The quantitative estimate of drug-likeness (QED) is 0.848. The zero-order valence-corrected chi connectivity index (χ0v) is 10.9. The zero-order chi connectivity index (χ0) is 13.5. The number of aromatic hydroxyl groups is 1. The van der Waals surface area contributed by atoms with Gasteiger partial charge in [0.15, 0.2) is 0 Å². The average Bonchev–Trinajstić information content (AvgIpc) is 2.45. The molecule has 0 bridgehead atoms. The second-order valence-electron chi connectivity index (χ2n) is 4.13. The van der Waals surface area contributed by atoms with Crippen LogP contribution in [0.5, 0.6) is 11.5 Å². The third kappa shape index (κ3) is 3.53. The molecule has 0 aromatic heterocycles. The number of hydrogen-bond donors (Lipinski definition) is 1. The fourth-order valence-electron chi connectivity index (χ4n) is 1.83. The van der Waals surface area contributed by atoms with Gasteiger partial charge in [0.05, 0.1) is 12.7 Å². The van der Waals surface area contributed by atoms with E-state index in [1.54, 1.807) is 13.2 Å². The number of rotatable bonds is 3. The van der Waals surface area contributed by atoms with Crippen molar-refractivity contribution >= 4 is 0 Å². The summed E-state index contributed by atoms with van der Waals surface area (Å²) in [6.07, 6.45) is 1.45. The van der Waals surface area contributed by atoms with E-state index in [1.165, 1.54) is 0 Å². The summed E-state index contributed by atoms with van der Waals surface area (Å²) in [6.45, 7) is 0. The Morgan fingerprint density at radius 3 is 2.58 bits per heavy atom. The first-order valence-corrected chi connectivity index (χ1v) is 6.20. The minimum Gasteiger partial charge on any atom is -0.508 e. The lowest BCUT2D eigenvalue weighted by atomic mass is 10.1. The lowest BCUT2D eigenvalue weighted by molar-refractivity contribution is 0.413. The average molecular weight is 252 g/mol. The largest absolute Gasteiger partial charge is 0.508 e. The molecule has 0 saturated heterocycles. The highest BCUT2D eigenvalue weighted by Crippen LogP contribution is 2.18. The predicted octanol–water partition coefficient (Wildman–Crippen LogP) is 3.39. The molecule has 0 fully saturated rings. The summed E-state index contributed by atoms with van der Waals surface area (Å²) in [4.78, 5) is 0. The number of para-hydroxylation sites is 2. The van der Waals surface area contributed by atoms with Gasteiger partial charge in [0.25, 0.3) is 0 Å². The van der Waals surface area contributed by atoms with Crippen LogP contribution in [0.2, 0.25) is 0 Å². The highest BCUT2D eigenvalue weighted by molar-refractivity contribution is 5.45. The monoisotopic (exact) mass is 252 g/mol. The van der Waals surface area contributed by atoms with Gasteiger partial charge in [-0.1, -0.05) is 42.2 Å². The van der Waals surface area contributed by atoms with Gasteiger partial charge in [-0.15, -0.1) is 0 Å². The van der Waals surface area contributed by atoms with Crippen molar-refractivity contribution in [1.29, 1.82) is 0 Å². The standard InChI is InChI=1S/C17H16O2/c1-19-17-13-7-5-11-15(17)10-3-2-8-14-9-4-6-12-16(14)18/h4-7,9,11-13,18H,2,8H2,1H3. The van der Waals surface area contributed by atoms with Crippen molar-refractivity contribution in [2.45, 2.75) is 12.8 Å². The van der Waals surface area contributed by atoms with E-state index in [4.69, 9.17) is 4.74 Å². The summed E-state index contributed by atoms with van der Waals surface area (Å²) in [5, 5.41) is 9.64. The van der Waals surface area contributed by atoms with Crippen LogP contribution in [0.1, 0.15) is 17.5 Å². The van der Waals surface area contributed by atoms with E-state index in [1.807, 2.05) is 42.5 Å². The predicted molar refractivity (Wildman–Crippen MR) is 76.3 cm³/mol. The first kappa shape index (κ1) is 13.0. The Kier molecular flexibility index (Phi) is 4.47.